The molecule has 5 rings (SSSR count). The standard InChI is InChI=1S/C24H30N4O5/c1-31-18-9-5-6-16(14-18)25-24(30)26-20-19-15-32-23(33-19)21(22(20)29)28-12-10-27(11-13-28)17-7-3-2-4-8-17/h2-9,14,19-23,29H,10-13,15H2,1H3,(H2,25,26,30). The second-order valence-corrected chi connectivity index (χ2v) is 8.57. The Hall–Kier alpha value is -2.85. The zero-order chi connectivity index (χ0) is 22.8. The zero-order valence-corrected chi connectivity index (χ0v) is 18.6. The lowest BCUT2D eigenvalue weighted by Gasteiger charge is -2.47. The summed E-state index contributed by atoms with van der Waals surface area (Å²) >= 11 is 0. The molecule has 2 amide bonds. The second kappa shape index (κ2) is 9.56. The number of ether oxygens (including phenoxy) is 3. The molecule has 2 aromatic carbocycles. The van der Waals surface area contributed by atoms with Gasteiger partial charge < -0.3 is 34.9 Å². The van der Waals surface area contributed by atoms with E-state index in [1.807, 2.05) is 18.2 Å². The summed E-state index contributed by atoms with van der Waals surface area (Å²) in [6, 6.07) is 16.1. The van der Waals surface area contributed by atoms with Crippen molar-refractivity contribution in [3.8, 4) is 5.75 Å². The number of benzene rings is 2. The van der Waals surface area contributed by atoms with Crippen molar-refractivity contribution >= 4 is 17.4 Å². The van der Waals surface area contributed by atoms with E-state index in [9.17, 15) is 9.90 Å². The SMILES string of the molecule is COc1cccc(NC(=O)NC2C3COC(O3)C(N3CCN(c4ccccc4)CC3)C2O)c1. The number of carbonyl (C=O) groups excluding carboxylic acids is 1. The average Bonchev–Trinajstić information content (AvgIpc) is 3.28. The monoisotopic (exact) mass is 454 g/mol. The first-order valence-electron chi connectivity index (χ1n) is 11.3. The van der Waals surface area contributed by atoms with E-state index in [1.54, 1.807) is 31.4 Å². The van der Waals surface area contributed by atoms with Crippen LogP contribution in [0, 0.1) is 0 Å². The van der Waals surface area contributed by atoms with Gasteiger partial charge in [-0.15, -0.1) is 0 Å². The van der Waals surface area contributed by atoms with Crippen molar-refractivity contribution < 1.29 is 24.1 Å². The minimum atomic E-state index is -0.810. The van der Waals surface area contributed by atoms with Crippen LogP contribution in [0.2, 0.25) is 0 Å². The Morgan fingerprint density at radius 2 is 1.88 bits per heavy atom. The van der Waals surface area contributed by atoms with Crippen molar-refractivity contribution in [1.29, 1.82) is 0 Å². The molecule has 0 radical (unpaired) electrons. The van der Waals surface area contributed by atoms with Crippen LogP contribution in [0.25, 0.3) is 0 Å². The Kier molecular flexibility index (Phi) is 6.37. The first-order chi connectivity index (χ1) is 16.1. The number of piperazine rings is 1. The van der Waals surface area contributed by atoms with Gasteiger partial charge in [-0.2, -0.15) is 0 Å². The van der Waals surface area contributed by atoms with Crippen LogP contribution in [0.5, 0.6) is 5.75 Å². The number of hydrogen-bond donors (Lipinski definition) is 3. The van der Waals surface area contributed by atoms with Gasteiger partial charge in [-0.1, -0.05) is 24.3 Å². The molecule has 9 heteroatoms. The Morgan fingerprint density at radius 3 is 2.64 bits per heavy atom. The molecule has 3 aliphatic rings. The third-order valence-electron chi connectivity index (χ3n) is 6.61. The number of urea groups is 1. The fourth-order valence-corrected chi connectivity index (χ4v) is 4.90. The lowest BCUT2D eigenvalue weighted by atomic mass is 9.94. The zero-order valence-electron chi connectivity index (χ0n) is 18.6. The van der Waals surface area contributed by atoms with Gasteiger partial charge in [-0.05, 0) is 24.3 Å². The molecule has 9 nitrogen and oxygen atoms in total. The number of amides is 2. The van der Waals surface area contributed by atoms with Crippen LogP contribution in [0.1, 0.15) is 0 Å². The number of nitrogens with zero attached hydrogens (tertiary/aromatic N) is 2. The fraction of sp³-hybridized carbons (Fsp3) is 0.458. The summed E-state index contributed by atoms with van der Waals surface area (Å²) in [7, 11) is 1.57. The maximum Gasteiger partial charge on any atom is 0.319 e. The van der Waals surface area contributed by atoms with Crippen molar-refractivity contribution in [3.63, 3.8) is 0 Å². The Balaban J connectivity index is 1.22. The van der Waals surface area contributed by atoms with Crippen molar-refractivity contribution in [2.24, 2.45) is 0 Å². The molecule has 2 aromatic rings. The highest BCUT2D eigenvalue weighted by molar-refractivity contribution is 5.89. The van der Waals surface area contributed by atoms with Crippen molar-refractivity contribution in [2.45, 2.75) is 30.6 Å². The largest absolute Gasteiger partial charge is 0.497 e. The molecule has 2 bridgehead atoms. The summed E-state index contributed by atoms with van der Waals surface area (Å²) in [5.74, 6) is 0.649. The lowest BCUT2D eigenvalue weighted by molar-refractivity contribution is -0.181. The van der Waals surface area contributed by atoms with Gasteiger partial charge in [0.25, 0.3) is 0 Å². The predicted octanol–water partition coefficient (Wildman–Crippen LogP) is 1.49. The molecule has 3 N–H and O–H groups in total. The third-order valence-corrected chi connectivity index (χ3v) is 6.61. The lowest BCUT2D eigenvalue weighted by Crippen LogP contribution is -2.67. The molecule has 0 saturated carbocycles. The topological polar surface area (TPSA) is 95.5 Å². The molecule has 5 atom stereocenters. The van der Waals surface area contributed by atoms with Crippen LogP contribution in [0.4, 0.5) is 16.2 Å². The summed E-state index contributed by atoms with van der Waals surface area (Å²) in [4.78, 5) is 17.2. The number of aliphatic hydroxyl groups excluding tert-OH is 1. The highest BCUT2D eigenvalue weighted by Gasteiger charge is 2.52. The molecule has 3 aliphatic heterocycles. The van der Waals surface area contributed by atoms with Crippen LogP contribution in [-0.2, 0) is 9.47 Å². The van der Waals surface area contributed by atoms with Gasteiger partial charge in [-0.3, -0.25) is 4.90 Å². The van der Waals surface area contributed by atoms with Gasteiger partial charge in [-0.25, -0.2) is 4.79 Å². The van der Waals surface area contributed by atoms with Gasteiger partial charge in [0.2, 0.25) is 0 Å². The molecular formula is C24H30N4O5. The van der Waals surface area contributed by atoms with Crippen LogP contribution >= 0.6 is 0 Å². The predicted molar refractivity (Wildman–Crippen MR) is 124 cm³/mol. The van der Waals surface area contributed by atoms with E-state index >= 15 is 0 Å². The minimum absolute atomic E-state index is 0.340. The molecule has 176 valence electrons. The van der Waals surface area contributed by atoms with Crippen LogP contribution in [-0.4, -0.2) is 86.5 Å². The van der Waals surface area contributed by atoms with E-state index in [1.165, 1.54) is 5.69 Å². The number of rotatable bonds is 5. The molecule has 33 heavy (non-hydrogen) atoms. The number of anilines is 2. The van der Waals surface area contributed by atoms with Crippen molar-refractivity contribution in [3.05, 3.63) is 54.6 Å². The second-order valence-electron chi connectivity index (χ2n) is 8.57. The highest BCUT2D eigenvalue weighted by atomic mass is 16.7. The van der Waals surface area contributed by atoms with Crippen LogP contribution in [0.3, 0.4) is 0 Å². The van der Waals surface area contributed by atoms with Gasteiger partial charge in [0.15, 0.2) is 6.29 Å². The molecule has 3 saturated heterocycles. The number of fused-ring (bicyclic) bond motifs is 2. The molecular weight excluding hydrogens is 424 g/mol. The van der Waals surface area contributed by atoms with Gasteiger partial charge in [0.05, 0.1) is 31.9 Å². The van der Waals surface area contributed by atoms with Crippen molar-refractivity contribution in [2.75, 3.05) is 50.1 Å². The number of nitrogens with one attached hydrogen (secondary N) is 2. The summed E-state index contributed by atoms with van der Waals surface area (Å²) in [6.45, 7) is 3.57. The highest BCUT2D eigenvalue weighted by Crippen LogP contribution is 2.32. The number of para-hydroxylation sites is 1. The molecule has 3 fully saturated rings. The number of carbonyl (C=O) groups is 1. The average molecular weight is 455 g/mol. The van der Waals surface area contributed by atoms with Crippen LogP contribution in [0.15, 0.2) is 54.6 Å². The maximum atomic E-state index is 12.7. The third kappa shape index (κ3) is 4.63. The Bertz CT molecular complexity index is 953. The number of aliphatic hydroxyl groups is 1. The first kappa shape index (κ1) is 22.0. The minimum Gasteiger partial charge on any atom is -0.497 e. The van der Waals surface area contributed by atoms with Crippen LogP contribution < -0.4 is 20.3 Å². The Morgan fingerprint density at radius 1 is 1.09 bits per heavy atom. The van der Waals surface area contributed by atoms with Gasteiger partial charge >= 0.3 is 6.03 Å². The smallest absolute Gasteiger partial charge is 0.319 e. The van der Waals surface area contributed by atoms with E-state index in [0.29, 0.717) is 18.0 Å². The molecule has 5 unspecified atom stereocenters. The van der Waals surface area contributed by atoms with E-state index in [2.05, 4.69) is 32.6 Å². The summed E-state index contributed by atoms with van der Waals surface area (Å²) in [5.41, 5.74) is 1.80. The molecule has 0 aliphatic carbocycles. The normalized spacial score (nSPS) is 29.5. The van der Waals surface area contributed by atoms with Crippen molar-refractivity contribution in [1.82, 2.24) is 10.2 Å². The molecule has 3 heterocycles. The molecule has 0 aromatic heterocycles. The van der Waals surface area contributed by atoms with E-state index in [4.69, 9.17) is 14.2 Å². The van der Waals surface area contributed by atoms with E-state index < -0.39 is 24.5 Å². The van der Waals surface area contributed by atoms with E-state index in [0.717, 1.165) is 26.2 Å². The van der Waals surface area contributed by atoms with Gasteiger partial charge in [0, 0.05) is 43.6 Å². The Labute approximate surface area is 193 Å². The number of hydrogen-bond acceptors (Lipinski definition) is 7. The quantitative estimate of drug-likeness (QED) is 0.630. The summed E-state index contributed by atoms with van der Waals surface area (Å²) in [5, 5.41) is 17.0. The van der Waals surface area contributed by atoms with Gasteiger partial charge in [0.1, 0.15) is 11.9 Å². The maximum absolute atomic E-state index is 12.7. The fourth-order valence-electron chi connectivity index (χ4n) is 4.90. The number of methoxy groups -OCH3 is 1. The summed E-state index contributed by atoms with van der Waals surface area (Å²) < 4.78 is 17.1. The summed E-state index contributed by atoms with van der Waals surface area (Å²) in [6.07, 6.45) is -1.69. The molecule has 0 spiro atoms. The van der Waals surface area contributed by atoms with E-state index in [-0.39, 0.29) is 12.1 Å². The first-order valence-corrected chi connectivity index (χ1v) is 11.3.